The standard InChI is InChI=1S/C12H20N4O2/c1-10(9-16-6-2-3-7-16)8-15-12(18)11(17)14-5-4-13/h10H,2-3,5-9H2,1H3,(H,14,17)(H,15,18). The Balaban J connectivity index is 2.16. The minimum absolute atomic E-state index is 0.143. The summed E-state index contributed by atoms with van der Waals surface area (Å²) in [7, 11) is 0. The van der Waals surface area contributed by atoms with Crippen molar-refractivity contribution in [1.29, 1.82) is 5.26 Å². The summed E-state index contributed by atoms with van der Waals surface area (Å²) in [4.78, 5) is 24.9. The van der Waals surface area contributed by atoms with E-state index in [1.165, 1.54) is 12.8 Å². The van der Waals surface area contributed by atoms with E-state index in [0.717, 1.165) is 19.6 Å². The lowest BCUT2D eigenvalue weighted by atomic mass is 10.1. The lowest BCUT2D eigenvalue weighted by Crippen LogP contribution is -2.42. The van der Waals surface area contributed by atoms with E-state index >= 15 is 0 Å². The van der Waals surface area contributed by atoms with E-state index in [4.69, 9.17) is 5.26 Å². The molecule has 0 aromatic heterocycles. The van der Waals surface area contributed by atoms with Crippen molar-refractivity contribution in [1.82, 2.24) is 15.5 Å². The van der Waals surface area contributed by atoms with Gasteiger partial charge in [-0.3, -0.25) is 9.59 Å². The third kappa shape index (κ3) is 5.15. The summed E-state index contributed by atoms with van der Waals surface area (Å²) >= 11 is 0. The topological polar surface area (TPSA) is 85.2 Å². The number of nitrogens with one attached hydrogen (secondary N) is 2. The molecule has 1 rings (SSSR count). The van der Waals surface area contributed by atoms with Crippen molar-refractivity contribution in [3.05, 3.63) is 0 Å². The van der Waals surface area contributed by atoms with Gasteiger partial charge in [0.15, 0.2) is 0 Å². The van der Waals surface area contributed by atoms with Crippen molar-refractivity contribution in [2.75, 3.05) is 32.7 Å². The van der Waals surface area contributed by atoms with Gasteiger partial charge in [-0.2, -0.15) is 5.26 Å². The van der Waals surface area contributed by atoms with Crippen LogP contribution in [0.15, 0.2) is 0 Å². The van der Waals surface area contributed by atoms with Crippen molar-refractivity contribution in [2.24, 2.45) is 5.92 Å². The normalized spacial score (nSPS) is 16.9. The monoisotopic (exact) mass is 252 g/mol. The molecule has 1 heterocycles. The van der Waals surface area contributed by atoms with Crippen LogP contribution in [0.5, 0.6) is 0 Å². The number of likely N-dealkylation sites (tertiary alicyclic amines) is 1. The lowest BCUT2D eigenvalue weighted by Gasteiger charge is -2.20. The maximum absolute atomic E-state index is 11.3. The van der Waals surface area contributed by atoms with Crippen LogP contribution in [0.2, 0.25) is 0 Å². The van der Waals surface area contributed by atoms with Gasteiger partial charge in [0.1, 0.15) is 6.54 Å². The van der Waals surface area contributed by atoms with Crippen LogP contribution in [0.1, 0.15) is 19.8 Å². The van der Waals surface area contributed by atoms with Gasteiger partial charge in [0.25, 0.3) is 0 Å². The zero-order valence-electron chi connectivity index (χ0n) is 10.7. The molecular formula is C12H20N4O2. The molecule has 1 aliphatic rings. The molecule has 0 radical (unpaired) electrons. The highest BCUT2D eigenvalue weighted by Crippen LogP contribution is 2.09. The van der Waals surface area contributed by atoms with Crippen LogP contribution in [-0.4, -0.2) is 49.4 Å². The number of nitriles is 1. The molecule has 18 heavy (non-hydrogen) atoms. The summed E-state index contributed by atoms with van der Waals surface area (Å²) < 4.78 is 0. The molecular weight excluding hydrogens is 232 g/mol. The Morgan fingerprint density at radius 1 is 1.28 bits per heavy atom. The lowest BCUT2D eigenvalue weighted by molar-refractivity contribution is -0.139. The van der Waals surface area contributed by atoms with Crippen LogP contribution in [0, 0.1) is 17.2 Å². The number of amides is 2. The van der Waals surface area contributed by atoms with Crippen LogP contribution in [0.25, 0.3) is 0 Å². The Labute approximate surface area is 107 Å². The second-order valence-electron chi connectivity index (χ2n) is 4.66. The van der Waals surface area contributed by atoms with E-state index in [1.807, 2.05) is 6.92 Å². The second kappa shape index (κ2) is 7.67. The number of carbonyl (C=O) groups is 2. The molecule has 2 amide bonds. The Bertz CT molecular complexity index is 331. The number of carbonyl (C=O) groups excluding carboxylic acids is 2. The maximum atomic E-state index is 11.3. The first-order valence-electron chi connectivity index (χ1n) is 6.29. The molecule has 1 unspecified atom stereocenters. The van der Waals surface area contributed by atoms with Gasteiger partial charge >= 0.3 is 11.8 Å². The Morgan fingerprint density at radius 3 is 2.50 bits per heavy atom. The number of hydrogen-bond acceptors (Lipinski definition) is 4. The summed E-state index contributed by atoms with van der Waals surface area (Å²) in [6.07, 6.45) is 2.49. The van der Waals surface area contributed by atoms with E-state index in [9.17, 15) is 9.59 Å². The smallest absolute Gasteiger partial charge is 0.310 e. The first-order valence-corrected chi connectivity index (χ1v) is 6.29. The minimum atomic E-state index is -0.745. The van der Waals surface area contributed by atoms with E-state index in [0.29, 0.717) is 12.5 Å². The summed E-state index contributed by atoms with van der Waals surface area (Å²) in [5.41, 5.74) is 0. The Morgan fingerprint density at radius 2 is 1.89 bits per heavy atom. The molecule has 1 aliphatic heterocycles. The fraction of sp³-hybridized carbons (Fsp3) is 0.750. The van der Waals surface area contributed by atoms with Gasteiger partial charge in [-0.05, 0) is 31.8 Å². The zero-order valence-corrected chi connectivity index (χ0v) is 10.7. The minimum Gasteiger partial charge on any atom is -0.348 e. The molecule has 2 N–H and O–H groups in total. The fourth-order valence-electron chi connectivity index (χ4n) is 2.02. The third-order valence-electron chi connectivity index (χ3n) is 2.91. The summed E-state index contributed by atoms with van der Waals surface area (Å²) in [5.74, 6) is -1.10. The van der Waals surface area contributed by atoms with Crippen LogP contribution < -0.4 is 10.6 Å². The zero-order chi connectivity index (χ0) is 13.4. The van der Waals surface area contributed by atoms with Crippen molar-refractivity contribution < 1.29 is 9.59 Å². The Kier molecular flexibility index (Phi) is 6.15. The first-order chi connectivity index (χ1) is 8.63. The van der Waals surface area contributed by atoms with Crippen molar-refractivity contribution >= 4 is 11.8 Å². The van der Waals surface area contributed by atoms with Gasteiger partial charge in [-0.25, -0.2) is 0 Å². The molecule has 1 atom stereocenters. The van der Waals surface area contributed by atoms with Crippen LogP contribution in [0.4, 0.5) is 0 Å². The largest absolute Gasteiger partial charge is 0.348 e. The molecule has 0 saturated carbocycles. The fourth-order valence-corrected chi connectivity index (χ4v) is 2.02. The van der Waals surface area contributed by atoms with Crippen LogP contribution in [0.3, 0.4) is 0 Å². The molecule has 0 aromatic rings. The molecule has 0 aliphatic carbocycles. The molecule has 100 valence electrons. The highest BCUT2D eigenvalue weighted by atomic mass is 16.2. The molecule has 0 bridgehead atoms. The average molecular weight is 252 g/mol. The first kappa shape index (κ1) is 14.5. The number of rotatable bonds is 5. The third-order valence-corrected chi connectivity index (χ3v) is 2.91. The van der Waals surface area contributed by atoms with E-state index < -0.39 is 11.8 Å². The highest BCUT2D eigenvalue weighted by molar-refractivity contribution is 6.35. The quantitative estimate of drug-likeness (QED) is 0.509. The molecule has 6 nitrogen and oxygen atoms in total. The van der Waals surface area contributed by atoms with Crippen molar-refractivity contribution in [3.8, 4) is 6.07 Å². The van der Waals surface area contributed by atoms with Gasteiger partial charge < -0.3 is 15.5 Å². The van der Waals surface area contributed by atoms with E-state index in [2.05, 4.69) is 15.5 Å². The van der Waals surface area contributed by atoms with E-state index in [-0.39, 0.29) is 6.54 Å². The molecule has 0 spiro atoms. The average Bonchev–Trinajstić information content (AvgIpc) is 2.85. The molecule has 1 fully saturated rings. The predicted octanol–water partition coefficient (Wildman–Crippen LogP) is -0.526. The number of nitrogens with zero attached hydrogens (tertiary/aromatic N) is 2. The SMILES string of the molecule is CC(CNC(=O)C(=O)NCC#N)CN1CCCC1. The van der Waals surface area contributed by atoms with Gasteiger partial charge in [0, 0.05) is 13.1 Å². The maximum Gasteiger partial charge on any atom is 0.310 e. The van der Waals surface area contributed by atoms with Crippen LogP contribution in [-0.2, 0) is 9.59 Å². The summed E-state index contributed by atoms with van der Waals surface area (Å²) in [6, 6.07) is 1.75. The van der Waals surface area contributed by atoms with Gasteiger partial charge in [-0.1, -0.05) is 6.92 Å². The predicted molar refractivity (Wildman–Crippen MR) is 66.5 cm³/mol. The summed E-state index contributed by atoms with van der Waals surface area (Å²) in [6.45, 7) is 5.58. The van der Waals surface area contributed by atoms with Gasteiger partial charge in [-0.15, -0.1) is 0 Å². The van der Waals surface area contributed by atoms with E-state index in [1.54, 1.807) is 6.07 Å². The Hall–Kier alpha value is -1.61. The molecule has 6 heteroatoms. The van der Waals surface area contributed by atoms with Gasteiger partial charge in [0.2, 0.25) is 0 Å². The molecule has 1 saturated heterocycles. The molecule has 0 aromatic carbocycles. The van der Waals surface area contributed by atoms with Crippen molar-refractivity contribution in [3.63, 3.8) is 0 Å². The van der Waals surface area contributed by atoms with Crippen molar-refractivity contribution in [2.45, 2.75) is 19.8 Å². The summed E-state index contributed by atoms with van der Waals surface area (Å²) in [5, 5.41) is 13.1. The highest BCUT2D eigenvalue weighted by Gasteiger charge is 2.17. The van der Waals surface area contributed by atoms with Gasteiger partial charge in [0.05, 0.1) is 6.07 Å². The van der Waals surface area contributed by atoms with Crippen LogP contribution >= 0.6 is 0 Å². The second-order valence-corrected chi connectivity index (χ2v) is 4.66. The number of hydrogen-bond donors (Lipinski definition) is 2.